The van der Waals surface area contributed by atoms with E-state index in [2.05, 4.69) is 4.98 Å². The van der Waals surface area contributed by atoms with E-state index in [4.69, 9.17) is 0 Å². The quantitative estimate of drug-likeness (QED) is 0.803. The van der Waals surface area contributed by atoms with E-state index in [-0.39, 0.29) is 24.6 Å². The second-order valence-electron chi connectivity index (χ2n) is 6.67. The lowest BCUT2D eigenvalue weighted by atomic mass is 9.90. The number of rotatable bonds is 4. The monoisotopic (exact) mass is 387 g/mol. The standard InChI is InChI=1S/C20H16F3N3O2/c1-12-2-5-15(6-3-12)26-11-13(8-18(26)27)19(28)16(9-24)17-7-4-14(10-25-17)20(21,22)23/h2-7,10,13,16H,8,11H2,1H3. The molecule has 0 bridgehead atoms. The van der Waals surface area contributed by atoms with E-state index >= 15 is 0 Å². The van der Waals surface area contributed by atoms with Crippen LogP contribution in [-0.4, -0.2) is 23.2 Å². The smallest absolute Gasteiger partial charge is 0.312 e. The first-order chi connectivity index (χ1) is 13.2. The summed E-state index contributed by atoms with van der Waals surface area (Å²) in [6.07, 6.45) is -4.00. The van der Waals surface area contributed by atoms with Crippen LogP contribution >= 0.6 is 0 Å². The number of hydrogen-bond donors (Lipinski definition) is 0. The highest BCUT2D eigenvalue weighted by molar-refractivity contribution is 6.02. The number of alkyl halides is 3. The Balaban J connectivity index is 1.78. The normalized spacial score (nSPS) is 18.0. The lowest BCUT2D eigenvalue weighted by molar-refractivity contribution is -0.137. The largest absolute Gasteiger partial charge is 0.417 e. The summed E-state index contributed by atoms with van der Waals surface area (Å²) in [6.45, 7) is 2.04. The molecule has 1 amide bonds. The SMILES string of the molecule is Cc1ccc(N2CC(C(=O)C(C#N)c3ccc(C(F)(F)F)cn3)CC2=O)cc1. The number of carbonyl (C=O) groups excluding carboxylic acids is 2. The molecule has 0 spiro atoms. The summed E-state index contributed by atoms with van der Waals surface area (Å²) in [5.41, 5.74) is 0.678. The third kappa shape index (κ3) is 3.88. The van der Waals surface area contributed by atoms with E-state index < -0.39 is 29.4 Å². The number of amides is 1. The number of nitriles is 1. The summed E-state index contributed by atoms with van der Waals surface area (Å²) < 4.78 is 38.0. The van der Waals surface area contributed by atoms with Gasteiger partial charge in [-0.25, -0.2) is 0 Å². The van der Waals surface area contributed by atoms with Gasteiger partial charge >= 0.3 is 6.18 Å². The second kappa shape index (κ2) is 7.43. The van der Waals surface area contributed by atoms with Gasteiger partial charge in [0.1, 0.15) is 5.92 Å². The Hall–Kier alpha value is -3.21. The molecular formula is C20H16F3N3O2. The number of hydrogen-bond acceptors (Lipinski definition) is 4. The van der Waals surface area contributed by atoms with Gasteiger partial charge in [-0.2, -0.15) is 18.4 Å². The first-order valence-corrected chi connectivity index (χ1v) is 8.54. The Morgan fingerprint density at radius 3 is 2.46 bits per heavy atom. The maximum Gasteiger partial charge on any atom is 0.417 e. The molecule has 2 unspecified atom stereocenters. The maximum absolute atomic E-state index is 12.8. The number of Topliss-reactive ketones (excluding diaryl/α,β-unsaturated/α-hetero) is 1. The Kier molecular flexibility index (Phi) is 5.18. The molecule has 1 saturated heterocycles. The van der Waals surface area contributed by atoms with Crippen molar-refractivity contribution in [3.05, 3.63) is 59.4 Å². The fourth-order valence-electron chi connectivity index (χ4n) is 3.13. The van der Waals surface area contributed by atoms with E-state index in [1.54, 1.807) is 12.1 Å². The molecule has 1 fully saturated rings. The maximum atomic E-state index is 12.8. The van der Waals surface area contributed by atoms with E-state index in [0.29, 0.717) is 11.9 Å². The van der Waals surface area contributed by atoms with E-state index in [0.717, 1.165) is 17.7 Å². The van der Waals surface area contributed by atoms with E-state index in [1.165, 1.54) is 4.90 Å². The molecule has 3 rings (SSSR count). The summed E-state index contributed by atoms with van der Waals surface area (Å²) in [5, 5.41) is 9.39. The van der Waals surface area contributed by atoms with Crippen LogP contribution in [0.1, 0.15) is 29.2 Å². The van der Waals surface area contributed by atoms with Crippen molar-refractivity contribution in [1.29, 1.82) is 5.26 Å². The summed E-state index contributed by atoms with van der Waals surface area (Å²) in [7, 11) is 0. The van der Waals surface area contributed by atoms with Crippen LogP contribution in [-0.2, 0) is 15.8 Å². The molecule has 0 radical (unpaired) electrons. The molecule has 0 N–H and O–H groups in total. The molecule has 1 aliphatic rings. The second-order valence-corrected chi connectivity index (χ2v) is 6.67. The number of ketones is 1. The van der Waals surface area contributed by atoms with Gasteiger partial charge < -0.3 is 4.90 Å². The van der Waals surface area contributed by atoms with Crippen LogP contribution in [0.5, 0.6) is 0 Å². The minimum Gasteiger partial charge on any atom is -0.312 e. The van der Waals surface area contributed by atoms with Crippen molar-refractivity contribution >= 4 is 17.4 Å². The van der Waals surface area contributed by atoms with Gasteiger partial charge in [-0.3, -0.25) is 14.6 Å². The van der Waals surface area contributed by atoms with Crippen molar-refractivity contribution in [3.8, 4) is 6.07 Å². The Morgan fingerprint density at radius 1 is 1.25 bits per heavy atom. The zero-order chi connectivity index (χ0) is 20.5. The van der Waals surface area contributed by atoms with E-state index in [9.17, 15) is 28.0 Å². The Labute approximate surface area is 159 Å². The average Bonchev–Trinajstić information content (AvgIpc) is 3.04. The minimum atomic E-state index is -4.55. The highest BCUT2D eigenvalue weighted by atomic mass is 19.4. The van der Waals surface area contributed by atoms with Gasteiger partial charge in [-0.15, -0.1) is 0 Å². The van der Waals surface area contributed by atoms with Gasteiger partial charge in [0.05, 0.1) is 17.3 Å². The molecule has 144 valence electrons. The number of nitrogens with zero attached hydrogens (tertiary/aromatic N) is 3. The Bertz CT molecular complexity index is 931. The van der Waals surface area contributed by atoms with Crippen LogP contribution < -0.4 is 4.90 Å². The van der Waals surface area contributed by atoms with Crippen molar-refractivity contribution in [3.63, 3.8) is 0 Å². The average molecular weight is 387 g/mol. The zero-order valence-corrected chi connectivity index (χ0v) is 14.9. The molecule has 2 heterocycles. The first kappa shape index (κ1) is 19.5. The van der Waals surface area contributed by atoms with Crippen LogP contribution in [0.2, 0.25) is 0 Å². The summed E-state index contributed by atoms with van der Waals surface area (Å²) >= 11 is 0. The fourth-order valence-corrected chi connectivity index (χ4v) is 3.13. The zero-order valence-electron chi connectivity index (χ0n) is 14.9. The minimum absolute atomic E-state index is 0.0501. The molecule has 1 aromatic heterocycles. The first-order valence-electron chi connectivity index (χ1n) is 8.54. The molecule has 8 heteroatoms. The molecular weight excluding hydrogens is 371 g/mol. The number of carbonyl (C=O) groups is 2. The number of anilines is 1. The van der Waals surface area contributed by atoms with Crippen LogP contribution in [0.4, 0.5) is 18.9 Å². The highest BCUT2D eigenvalue weighted by Gasteiger charge is 2.39. The van der Waals surface area contributed by atoms with Crippen molar-refractivity contribution in [1.82, 2.24) is 4.98 Å². The Morgan fingerprint density at radius 2 is 1.93 bits per heavy atom. The van der Waals surface area contributed by atoms with Gasteiger partial charge in [0.15, 0.2) is 5.78 Å². The lowest BCUT2D eigenvalue weighted by Gasteiger charge is -2.17. The molecule has 28 heavy (non-hydrogen) atoms. The van der Waals surface area contributed by atoms with Crippen LogP contribution in [0.15, 0.2) is 42.6 Å². The van der Waals surface area contributed by atoms with Gasteiger partial charge in [-0.1, -0.05) is 17.7 Å². The van der Waals surface area contributed by atoms with Gasteiger partial charge in [0.2, 0.25) is 5.91 Å². The van der Waals surface area contributed by atoms with Crippen molar-refractivity contribution in [2.24, 2.45) is 5.92 Å². The predicted molar refractivity (Wildman–Crippen MR) is 94.2 cm³/mol. The molecule has 5 nitrogen and oxygen atoms in total. The molecule has 2 atom stereocenters. The fraction of sp³-hybridized carbons (Fsp3) is 0.300. The van der Waals surface area contributed by atoms with E-state index in [1.807, 2.05) is 25.1 Å². The number of pyridine rings is 1. The van der Waals surface area contributed by atoms with Gasteiger partial charge in [-0.05, 0) is 31.2 Å². The van der Waals surface area contributed by atoms with Crippen LogP contribution in [0.25, 0.3) is 0 Å². The predicted octanol–water partition coefficient (Wildman–Crippen LogP) is 3.64. The van der Waals surface area contributed by atoms with Crippen molar-refractivity contribution < 1.29 is 22.8 Å². The summed E-state index contributed by atoms with van der Waals surface area (Å²) in [4.78, 5) is 30.2. The molecule has 0 saturated carbocycles. The van der Waals surface area contributed by atoms with Crippen LogP contribution in [0, 0.1) is 24.2 Å². The third-order valence-electron chi connectivity index (χ3n) is 4.70. The van der Waals surface area contributed by atoms with Crippen molar-refractivity contribution in [2.45, 2.75) is 25.4 Å². The number of halogens is 3. The molecule has 1 aromatic carbocycles. The topological polar surface area (TPSA) is 74.1 Å². The summed E-state index contributed by atoms with van der Waals surface area (Å²) in [6, 6.07) is 10.9. The molecule has 2 aromatic rings. The van der Waals surface area contributed by atoms with Gasteiger partial charge in [0.25, 0.3) is 0 Å². The molecule has 0 aliphatic carbocycles. The molecule has 1 aliphatic heterocycles. The number of aromatic nitrogens is 1. The highest BCUT2D eigenvalue weighted by Crippen LogP contribution is 2.32. The third-order valence-corrected chi connectivity index (χ3v) is 4.70. The number of benzene rings is 1. The van der Waals surface area contributed by atoms with Gasteiger partial charge in [0, 0.05) is 30.8 Å². The summed E-state index contributed by atoms with van der Waals surface area (Å²) in [5.74, 6) is -2.79. The lowest BCUT2D eigenvalue weighted by Crippen LogP contribution is -2.27. The van der Waals surface area contributed by atoms with Crippen LogP contribution in [0.3, 0.4) is 0 Å². The van der Waals surface area contributed by atoms with Crippen molar-refractivity contribution in [2.75, 3.05) is 11.4 Å². The number of aryl methyl sites for hydroxylation is 1.